The van der Waals surface area contributed by atoms with E-state index in [2.05, 4.69) is 0 Å². The van der Waals surface area contributed by atoms with Crippen molar-refractivity contribution in [1.82, 2.24) is 0 Å². The summed E-state index contributed by atoms with van der Waals surface area (Å²) < 4.78 is 39.8. The highest BCUT2D eigenvalue weighted by Gasteiger charge is 2.38. The molecule has 1 aromatic carbocycles. The van der Waals surface area contributed by atoms with Gasteiger partial charge in [-0.15, -0.1) is 11.6 Å². The molecular weight excluding hydrogens is 287 g/mol. The van der Waals surface area contributed by atoms with Crippen LogP contribution in [0.4, 0.5) is 18.9 Å². The number of anilines is 1. The van der Waals surface area contributed by atoms with Crippen LogP contribution in [0.25, 0.3) is 0 Å². The lowest BCUT2D eigenvalue weighted by atomic mass is 10.1. The van der Waals surface area contributed by atoms with Gasteiger partial charge in [0, 0.05) is 24.2 Å². The van der Waals surface area contributed by atoms with Crippen molar-refractivity contribution in [3.8, 4) is 0 Å². The highest BCUT2D eigenvalue weighted by Crippen LogP contribution is 2.41. The van der Waals surface area contributed by atoms with E-state index in [0.29, 0.717) is 17.8 Å². The summed E-state index contributed by atoms with van der Waals surface area (Å²) in [6, 6.07) is 4.72. The summed E-state index contributed by atoms with van der Waals surface area (Å²) in [6.07, 6.45) is -0.483. The van der Waals surface area contributed by atoms with Gasteiger partial charge in [-0.05, 0) is 37.0 Å². The van der Waals surface area contributed by atoms with Crippen LogP contribution in [0.5, 0.6) is 0 Å². The summed E-state index contributed by atoms with van der Waals surface area (Å²) in [7, 11) is 0. The second-order valence-electron chi connectivity index (χ2n) is 5.26. The molecule has 20 heavy (non-hydrogen) atoms. The molecule has 0 unspecified atom stereocenters. The zero-order valence-electron chi connectivity index (χ0n) is 11.5. The molecule has 2 rings (SSSR count). The first-order valence-electron chi connectivity index (χ1n) is 7.00. The van der Waals surface area contributed by atoms with Crippen LogP contribution in [-0.4, -0.2) is 12.6 Å². The lowest BCUT2D eigenvalue weighted by Gasteiger charge is -2.28. The van der Waals surface area contributed by atoms with Gasteiger partial charge in [0.2, 0.25) is 0 Å². The molecular formula is C15H19ClF3N. The highest BCUT2D eigenvalue weighted by molar-refractivity contribution is 6.17. The van der Waals surface area contributed by atoms with Gasteiger partial charge in [-0.3, -0.25) is 0 Å². The third kappa shape index (κ3) is 3.60. The fraction of sp³-hybridized carbons (Fsp3) is 0.600. The summed E-state index contributed by atoms with van der Waals surface area (Å²) in [4.78, 5) is 1.92. The van der Waals surface area contributed by atoms with Crippen LogP contribution in [0.2, 0.25) is 0 Å². The predicted molar refractivity (Wildman–Crippen MR) is 76.3 cm³/mol. The van der Waals surface area contributed by atoms with Gasteiger partial charge in [0.1, 0.15) is 0 Å². The first-order valence-corrected chi connectivity index (χ1v) is 7.53. The molecule has 0 radical (unpaired) electrons. The molecule has 0 aromatic heterocycles. The fourth-order valence-electron chi connectivity index (χ4n) is 2.36. The number of unbranched alkanes of at least 4 members (excludes halogenated alkanes) is 1. The number of alkyl halides is 4. The summed E-state index contributed by atoms with van der Waals surface area (Å²) in [5.74, 6) is 0.0990. The Labute approximate surface area is 122 Å². The minimum atomic E-state index is -4.34. The quantitative estimate of drug-likeness (QED) is 0.652. The molecule has 5 heteroatoms. The lowest BCUT2D eigenvalue weighted by molar-refractivity contribution is -0.137. The number of benzene rings is 1. The third-order valence-corrected chi connectivity index (χ3v) is 3.88. The number of hydrogen-bond acceptors (Lipinski definition) is 1. The largest absolute Gasteiger partial charge is 0.418 e. The van der Waals surface area contributed by atoms with Crippen LogP contribution in [0.3, 0.4) is 0 Å². The van der Waals surface area contributed by atoms with Gasteiger partial charge in [0.15, 0.2) is 0 Å². The number of hydrogen-bond donors (Lipinski definition) is 0. The van der Waals surface area contributed by atoms with E-state index < -0.39 is 11.7 Å². The molecule has 112 valence electrons. The van der Waals surface area contributed by atoms with Crippen LogP contribution in [-0.2, 0) is 12.1 Å². The van der Waals surface area contributed by atoms with Crippen molar-refractivity contribution in [2.75, 3.05) is 11.4 Å². The molecule has 1 saturated carbocycles. The van der Waals surface area contributed by atoms with Gasteiger partial charge < -0.3 is 4.90 Å². The summed E-state index contributed by atoms with van der Waals surface area (Å²) >= 11 is 5.66. The van der Waals surface area contributed by atoms with Gasteiger partial charge in [-0.1, -0.05) is 19.4 Å². The topological polar surface area (TPSA) is 3.24 Å². The van der Waals surface area contributed by atoms with Crippen LogP contribution in [0.15, 0.2) is 18.2 Å². The van der Waals surface area contributed by atoms with Crippen molar-refractivity contribution < 1.29 is 13.2 Å². The number of rotatable bonds is 6. The molecule has 0 N–H and O–H groups in total. The Hall–Kier alpha value is -0.900. The third-order valence-electron chi connectivity index (χ3n) is 3.57. The van der Waals surface area contributed by atoms with E-state index in [1.807, 2.05) is 11.8 Å². The van der Waals surface area contributed by atoms with Crippen molar-refractivity contribution in [2.45, 2.75) is 50.7 Å². The Bertz CT molecular complexity index is 455. The fourth-order valence-corrected chi connectivity index (χ4v) is 2.52. The normalized spacial score (nSPS) is 15.4. The average Bonchev–Trinajstić information content (AvgIpc) is 3.23. The highest BCUT2D eigenvalue weighted by atomic mass is 35.5. The molecule has 1 aliphatic rings. The molecule has 0 aliphatic heterocycles. The molecule has 1 aromatic rings. The van der Waals surface area contributed by atoms with Crippen molar-refractivity contribution in [2.24, 2.45) is 0 Å². The zero-order chi connectivity index (χ0) is 14.8. The molecule has 1 fully saturated rings. The Kier molecular flexibility index (Phi) is 4.84. The molecule has 0 saturated heterocycles. The first-order chi connectivity index (χ1) is 9.47. The van der Waals surface area contributed by atoms with Crippen LogP contribution < -0.4 is 4.90 Å². The molecule has 0 spiro atoms. The SMILES string of the molecule is CCCCN(c1ccc(CCl)cc1C(F)(F)F)C1CC1. The van der Waals surface area contributed by atoms with E-state index in [-0.39, 0.29) is 11.9 Å². The number of nitrogens with zero attached hydrogens (tertiary/aromatic N) is 1. The summed E-state index contributed by atoms with van der Waals surface area (Å²) in [5, 5.41) is 0. The van der Waals surface area contributed by atoms with Gasteiger partial charge in [-0.2, -0.15) is 13.2 Å². The second-order valence-corrected chi connectivity index (χ2v) is 5.53. The number of halogens is 4. The smallest absolute Gasteiger partial charge is 0.368 e. The van der Waals surface area contributed by atoms with E-state index in [4.69, 9.17) is 11.6 Å². The van der Waals surface area contributed by atoms with Gasteiger partial charge in [-0.25, -0.2) is 0 Å². The average molecular weight is 306 g/mol. The molecule has 0 bridgehead atoms. The van der Waals surface area contributed by atoms with Crippen molar-refractivity contribution in [3.63, 3.8) is 0 Å². The van der Waals surface area contributed by atoms with E-state index >= 15 is 0 Å². The predicted octanol–water partition coefficient (Wildman–Crippen LogP) is 5.21. The van der Waals surface area contributed by atoms with E-state index in [0.717, 1.165) is 25.7 Å². The molecule has 0 heterocycles. The summed E-state index contributed by atoms with van der Waals surface area (Å²) in [6.45, 7) is 2.73. The Morgan fingerprint density at radius 1 is 1.30 bits per heavy atom. The van der Waals surface area contributed by atoms with Gasteiger partial charge >= 0.3 is 6.18 Å². The minimum Gasteiger partial charge on any atom is -0.368 e. The Balaban J connectivity index is 2.37. The molecule has 1 aliphatic carbocycles. The standard InChI is InChI=1S/C15H19ClF3N/c1-2-3-8-20(12-5-6-12)14-7-4-11(10-16)9-13(14)15(17,18)19/h4,7,9,12H,2-3,5-6,8,10H2,1H3. The Morgan fingerprint density at radius 3 is 2.50 bits per heavy atom. The van der Waals surface area contributed by atoms with E-state index in [1.54, 1.807) is 12.1 Å². The maximum Gasteiger partial charge on any atom is 0.418 e. The van der Waals surface area contributed by atoms with E-state index in [1.165, 1.54) is 6.07 Å². The van der Waals surface area contributed by atoms with Gasteiger partial charge in [0.25, 0.3) is 0 Å². The molecule has 0 amide bonds. The Morgan fingerprint density at radius 2 is 2.00 bits per heavy atom. The van der Waals surface area contributed by atoms with Gasteiger partial charge in [0.05, 0.1) is 5.56 Å². The molecule has 0 atom stereocenters. The minimum absolute atomic E-state index is 0.0990. The lowest BCUT2D eigenvalue weighted by Crippen LogP contribution is -2.29. The van der Waals surface area contributed by atoms with Crippen molar-refractivity contribution >= 4 is 17.3 Å². The maximum atomic E-state index is 13.3. The van der Waals surface area contributed by atoms with E-state index in [9.17, 15) is 13.2 Å². The van der Waals surface area contributed by atoms with Crippen LogP contribution in [0.1, 0.15) is 43.7 Å². The summed E-state index contributed by atoms with van der Waals surface area (Å²) in [5.41, 5.74) is 0.259. The van der Waals surface area contributed by atoms with Crippen LogP contribution in [0, 0.1) is 0 Å². The first kappa shape index (κ1) is 15.5. The second kappa shape index (κ2) is 6.25. The van der Waals surface area contributed by atoms with Crippen molar-refractivity contribution in [3.05, 3.63) is 29.3 Å². The molecule has 1 nitrogen and oxygen atoms in total. The monoisotopic (exact) mass is 305 g/mol. The van der Waals surface area contributed by atoms with Crippen molar-refractivity contribution in [1.29, 1.82) is 0 Å². The maximum absolute atomic E-state index is 13.3. The van der Waals surface area contributed by atoms with Crippen LogP contribution >= 0.6 is 11.6 Å². The zero-order valence-corrected chi connectivity index (χ0v) is 12.3.